The fourth-order valence-electron chi connectivity index (χ4n) is 0.398. The molecule has 1 atom stereocenters. The minimum Gasteiger partial charge on any atom is -0.460 e. The standard InChI is InChI=1S/C6H8O3.C5H10O/c1-2-6(7)9-4-5-3-8-5;1-5(2,3)4-6/h2,5H,1,3-4H2;4H,1-3H3. The number of epoxide rings is 1. The Hall–Kier alpha value is -1.16. The molecule has 1 heterocycles. The number of carbonyl (C=O) groups excluding carboxylic acids is 2. The third kappa shape index (κ3) is 10.8. The molecule has 1 rings (SSSR count). The van der Waals surface area contributed by atoms with E-state index >= 15 is 0 Å². The van der Waals surface area contributed by atoms with Crippen LogP contribution in [0.1, 0.15) is 20.8 Å². The average molecular weight is 214 g/mol. The lowest BCUT2D eigenvalue weighted by Crippen LogP contribution is -2.06. The Morgan fingerprint density at radius 3 is 2.33 bits per heavy atom. The van der Waals surface area contributed by atoms with Gasteiger partial charge in [-0.3, -0.25) is 0 Å². The van der Waals surface area contributed by atoms with Crippen LogP contribution in [-0.4, -0.2) is 31.6 Å². The number of aldehydes is 1. The molecular weight excluding hydrogens is 196 g/mol. The van der Waals surface area contributed by atoms with Gasteiger partial charge >= 0.3 is 5.97 Å². The highest BCUT2D eigenvalue weighted by molar-refractivity contribution is 5.81. The fraction of sp³-hybridized carbons (Fsp3) is 0.636. The Morgan fingerprint density at radius 1 is 1.60 bits per heavy atom. The van der Waals surface area contributed by atoms with E-state index in [-0.39, 0.29) is 17.5 Å². The van der Waals surface area contributed by atoms with Crippen LogP contribution in [-0.2, 0) is 19.1 Å². The fourth-order valence-corrected chi connectivity index (χ4v) is 0.398. The quantitative estimate of drug-likeness (QED) is 0.308. The van der Waals surface area contributed by atoms with Crippen molar-refractivity contribution in [2.75, 3.05) is 13.2 Å². The Labute approximate surface area is 90.2 Å². The monoisotopic (exact) mass is 214 g/mol. The molecule has 0 amide bonds. The zero-order valence-electron chi connectivity index (χ0n) is 9.49. The van der Waals surface area contributed by atoms with Crippen molar-refractivity contribution in [1.29, 1.82) is 0 Å². The van der Waals surface area contributed by atoms with Crippen LogP contribution in [0.15, 0.2) is 12.7 Å². The Morgan fingerprint density at radius 2 is 2.07 bits per heavy atom. The highest BCUT2D eigenvalue weighted by Gasteiger charge is 2.23. The molecule has 0 aliphatic carbocycles. The second-order valence-electron chi connectivity index (χ2n) is 4.27. The largest absolute Gasteiger partial charge is 0.460 e. The van der Waals surface area contributed by atoms with Crippen LogP contribution < -0.4 is 0 Å². The number of hydrogen-bond donors (Lipinski definition) is 0. The number of ether oxygens (including phenoxy) is 2. The molecule has 0 saturated carbocycles. The van der Waals surface area contributed by atoms with Gasteiger partial charge in [0.2, 0.25) is 0 Å². The van der Waals surface area contributed by atoms with Gasteiger partial charge < -0.3 is 14.3 Å². The van der Waals surface area contributed by atoms with E-state index in [1.54, 1.807) is 0 Å². The van der Waals surface area contributed by atoms with Crippen LogP contribution in [0.5, 0.6) is 0 Å². The molecule has 0 aromatic carbocycles. The zero-order valence-corrected chi connectivity index (χ0v) is 9.49. The summed E-state index contributed by atoms with van der Waals surface area (Å²) in [6, 6.07) is 0. The molecule has 0 aromatic heterocycles. The van der Waals surface area contributed by atoms with Gasteiger partial charge in [0.15, 0.2) is 0 Å². The molecule has 0 bridgehead atoms. The van der Waals surface area contributed by atoms with Crippen LogP contribution in [0.4, 0.5) is 0 Å². The van der Waals surface area contributed by atoms with E-state index in [0.29, 0.717) is 13.2 Å². The van der Waals surface area contributed by atoms with Crippen molar-refractivity contribution in [2.24, 2.45) is 5.41 Å². The molecule has 0 aromatic rings. The summed E-state index contributed by atoms with van der Waals surface area (Å²) in [6.07, 6.45) is 2.23. The zero-order chi connectivity index (χ0) is 11.9. The summed E-state index contributed by atoms with van der Waals surface area (Å²) in [6.45, 7) is 9.95. The van der Waals surface area contributed by atoms with Crippen molar-refractivity contribution in [3.8, 4) is 0 Å². The molecule has 4 nitrogen and oxygen atoms in total. The van der Waals surface area contributed by atoms with Crippen molar-refractivity contribution in [3.05, 3.63) is 12.7 Å². The molecule has 1 aliphatic rings. The summed E-state index contributed by atoms with van der Waals surface area (Å²) in [5.41, 5.74) is -0.139. The number of hydrogen-bond acceptors (Lipinski definition) is 4. The van der Waals surface area contributed by atoms with Crippen LogP contribution in [0.2, 0.25) is 0 Å². The van der Waals surface area contributed by atoms with Gasteiger partial charge in [0, 0.05) is 11.5 Å². The van der Waals surface area contributed by atoms with Crippen molar-refractivity contribution < 1.29 is 19.1 Å². The number of rotatable bonds is 3. The van der Waals surface area contributed by atoms with Crippen molar-refractivity contribution in [1.82, 2.24) is 0 Å². The molecule has 1 fully saturated rings. The van der Waals surface area contributed by atoms with E-state index in [1.165, 1.54) is 0 Å². The van der Waals surface area contributed by atoms with E-state index < -0.39 is 0 Å². The highest BCUT2D eigenvalue weighted by Crippen LogP contribution is 2.08. The van der Waals surface area contributed by atoms with Crippen molar-refractivity contribution in [2.45, 2.75) is 26.9 Å². The minimum atomic E-state index is -0.384. The molecule has 0 spiro atoms. The predicted octanol–water partition coefficient (Wildman–Crippen LogP) is 1.35. The van der Waals surface area contributed by atoms with E-state index in [0.717, 1.165) is 12.4 Å². The Bertz CT molecular complexity index is 223. The van der Waals surface area contributed by atoms with Gasteiger partial charge in [0.25, 0.3) is 0 Å². The third-order valence-electron chi connectivity index (χ3n) is 1.33. The van der Waals surface area contributed by atoms with Crippen LogP contribution in [0.25, 0.3) is 0 Å². The minimum absolute atomic E-state index is 0.139. The molecule has 15 heavy (non-hydrogen) atoms. The summed E-state index contributed by atoms with van der Waals surface area (Å²) in [4.78, 5) is 20.2. The molecule has 1 saturated heterocycles. The Kier molecular flexibility index (Phi) is 5.86. The molecule has 86 valence electrons. The van der Waals surface area contributed by atoms with Gasteiger partial charge in [-0.05, 0) is 0 Å². The predicted molar refractivity (Wildman–Crippen MR) is 56.4 cm³/mol. The first kappa shape index (κ1) is 13.8. The van der Waals surface area contributed by atoms with E-state index in [1.807, 2.05) is 20.8 Å². The molecule has 4 heteroatoms. The maximum atomic E-state index is 10.3. The topological polar surface area (TPSA) is 55.9 Å². The SMILES string of the molecule is C=CC(=O)OCC1CO1.CC(C)(C)C=O. The van der Waals surface area contributed by atoms with Crippen molar-refractivity contribution in [3.63, 3.8) is 0 Å². The van der Waals surface area contributed by atoms with Crippen LogP contribution in [0, 0.1) is 5.41 Å². The van der Waals surface area contributed by atoms with Gasteiger partial charge in [-0.25, -0.2) is 4.79 Å². The molecule has 1 unspecified atom stereocenters. The lowest BCUT2D eigenvalue weighted by Gasteiger charge is -2.03. The second-order valence-corrected chi connectivity index (χ2v) is 4.27. The van der Waals surface area contributed by atoms with Gasteiger partial charge in [-0.1, -0.05) is 27.4 Å². The normalized spacial score (nSPS) is 18.2. The Balaban J connectivity index is 0.000000288. The molecule has 0 N–H and O–H groups in total. The van der Waals surface area contributed by atoms with E-state index in [4.69, 9.17) is 4.74 Å². The van der Waals surface area contributed by atoms with Crippen LogP contribution in [0.3, 0.4) is 0 Å². The summed E-state index contributed by atoms with van der Waals surface area (Å²) < 4.78 is 9.42. The average Bonchev–Trinajstić information content (AvgIpc) is 2.97. The molecular formula is C11H18O4. The maximum Gasteiger partial charge on any atom is 0.330 e. The van der Waals surface area contributed by atoms with E-state index in [9.17, 15) is 9.59 Å². The van der Waals surface area contributed by atoms with Gasteiger partial charge in [-0.2, -0.15) is 0 Å². The smallest absolute Gasteiger partial charge is 0.330 e. The first-order valence-electron chi connectivity index (χ1n) is 4.76. The third-order valence-corrected chi connectivity index (χ3v) is 1.33. The van der Waals surface area contributed by atoms with Gasteiger partial charge in [0.05, 0.1) is 6.61 Å². The second kappa shape index (κ2) is 6.35. The molecule has 1 aliphatic heterocycles. The first-order chi connectivity index (χ1) is 6.89. The van der Waals surface area contributed by atoms with E-state index in [2.05, 4.69) is 11.3 Å². The summed E-state index contributed by atoms with van der Waals surface area (Å²) >= 11 is 0. The lowest BCUT2D eigenvalue weighted by atomic mass is 10.0. The van der Waals surface area contributed by atoms with Gasteiger partial charge in [0.1, 0.15) is 19.0 Å². The van der Waals surface area contributed by atoms with Gasteiger partial charge in [-0.15, -0.1) is 0 Å². The summed E-state index contributed by atoms with van der Waals surface area (Å²) in [5, 5.41) is 0. The summed E-state index contributed by atoms with van der Waals surface area (Å²) in [5.74, 6) is -0.384. The highest BCUT2D eigenvalue weighted by atomic mass is 16.6. The summed E-state index contributed by atoms with van der Waals surface area (Å²) in [7, 11) is 0. The first-order valence-corrected chi connectivity index (χ1v) is 4.76. The van der Waals surface area contributed by atoms with Crippen molar-refractivity contribution >= 4 is 12.3 Å². The maximum absolute atomic E-state index is 10.3. The number of carbonyl (C=O) groups is 2. The van der Waals surface area contributed by atoms with Crippen LogP contribution >= 0.6 is 0 Å². The number of esters is 1. The lowest BCUT2D eigenvalue weighted by molar-refractivity contribution is -0.138. The molecule has 0 radical (unpaired) electrons.